The Bertz CT molecular complexity index is 529. The van der Waals surface area contributed by atoms with Crippen LogP contribution >= 0.6 is 11.8 Å². The van der Waals surface area contributed by atoms with Gasteiger partial charge in [0.2, 0.25) is 5.16 Å². The lowest BCUT2D eigenvalue weighted by Gasteiger charge is -2.03. The molecule has 0 bridgehead atoms. The van der Waals surface area contributed by atoms with Crippen LogP contribution in [-0.4, -0.2) is 31.1 Å². The van der Waals surface area contributed by atoms with Crippen LogP contribution in [0.5, 0.6) is 5.75 Å². The van der Waals surface area contributed by atoms with Crippen LogP contribution in [0.1, 0.15) is 6.42 Å². The van der Waals surface area contributed by atoms with E-state index in [0.717, 1.165) is 11.4 Å². The number of tetrazole rings is 1. The molecule has 0 spiro atoms. The third-order valence-electron chi connectivity index (χ3n) is 2.01. The lowest BCUT2D eigenvalue weighted by Crippen LogP contribution is -1.98. The van der Waals surface area contributed by atoms with Crippen LogP contribution in [-0.2, 0) is 0 Å². The second-order valence-electron chi connectivity index (χ2n) is 3.19. The van der Waals surface area contributed by atoms with Crippen molar-refractivity contribution in [3.63, 3.8) is 0 Å². The monoisotopic (exact) mass is 246 g/mol. The largest absolute Gasteiger partial charge is 0.508 e. The van der Waals surface area contributed by atoms with Crippen molar-refractivity contribution in [2.24, 2.45) is 0 Å². The molecule has 6 heteroatoms. The highest BCUT2D eigenvalue weighted by Gasteiger charge is 2.08. The van der Waals surface area contributed by atoms with Gasteiger partial charge in [0.25, 0.3) is 0 Å². The number of thioether (sulfide) groups is 1. The zero-order valence-corrected chi connectivity index (χ0v) is 9.76. The second-order valence-corrected chi connectivity index (χ2v) is 4.25. The Labute approximate surface area is 103 Å². The van der Waals surface area contributed by atoms with E-state index in [9.17, 15) is 5.11 Å². The summed E-state index contributed by atoms with van der Waals surface area (Å²) < 4.78 is 1.61. The Kier molecular flexibility index (Phi) is 3.62. The average Bonchev–Trinajstić information content (AvgIpc) is 2.79. The molecule has 0 fully saturated rings. The Morgan fingerprint density at radius 3 is 2.82 bits per heavy atom. The SMILES string of the molecule is C#CCCSc1nnnn1-c1ccc(O)cc1. The summed E-state index contributed by atoms with van der Waals surface area (Å²) in [5, 5.41) is 21.3. The molecule has 0 amide bonds. The summed E-state index contributed by atoms with van der Waals surface area (Å²) in [7, 11) is 0. The van der Waals surface area contributed by atoms with E-state index in [0.29, 0.717) is 11.6 Å². The first-order chi connectivity index (χ1) is 8.31. The van der Waals surface area contributed by atoms with Crippen LogP contribution in [0, 0.1) is 12.3 Å². The van der Waals surface area contributed by atoms with Gasteiger partial charge in [0, 0.05) is 12.2 Å². The molecular formula is C11H10N4OS. The molecule has 1 aromatic heterocycles. The van der Waals surface area contributed by atoms with E-state index in [2.05, 4.69) is 21.4 Å². The summed E-state index contributed by atoms with van der Waals surface area (Å²) in [4.78, 5) is 0. The van der Waals surface area contributed by atoms with E-state index in [1.54, 1.807) is 28.9 Å². The number of hydrogen-bond donors (Lipinski definition) is 1. The van der Waals surface area contributed by atoms with Crippen molar-refractivity contribution in [1.29, 1.82) is 0 Å². The Morgan fingerprint density at radius 2 is 2.12 bits per heavy atom. The quantitative estimate of drug-likeness (QED) is 0.503. The van der Waals surface area contributed by atoms with Crippen molar-refractivity contribution in [2.45, 2.75) is 11.6 Å². The fourth-order valence-corrected chi connectivity index (χ4v) is 1.99. The number of phenolic OH excluding ortho intramolecular Hbond substituents is 1. The second kappa shape index (κ2) is 5.37. The molecule has 1 heterocycles. The van der Waals surface area contributed by atoms with E-state index in [1.165, 1.54) is 11.8 Å². The number of aromatic nitrogens is 4. The van der Waals surface area contributed by atoms with Crippen LogP contribution in [0.2, 0.25) is 0 Å². The molecule has 0 aliphatic heterocycles. The van der Waals surface area contributed by atoms with E-state index < -0.39 is 0 Å². The highest BCUT2D eigenvalue weighted by Crippen LogP contribution is 2.20. The van der Waals surface area contributed by atoms with Crippen LogP contribution in [0.3, 0.4) is 0 Å². The molecule has 86 valence electrons. The average molecular weight is 246 g/mol. The third-order valence-corrected chi connectivity index (χ3v) is 2.93. The molecule has 17 heavy (non-hydrogen) atoms. The first kappa shape index (κ1) is 11.5. The van der Waals surface area contributed by atoms with Crippen molar-refractivity contribution < 1.29 is 5.11 Å². The van der Waals surface area contributed by atoms with Crippen LogP contribution in [0.4, 0.5) is 0 Å². The fraction of sp³-hybridized carbons (Fsp3) is 0.182. The van der Waals surface area contributed by atoms with Gasteiger partial charge in [-0.1, -0.05) is 11.8 Å². The van der Waals surface area contributed by atoms with Crippen molar-refractivity contribution in [1.82, 2.24) is 20.2 Å². The molecule has 0 saturated heterocycles. The van der Waals surface area contributed by atoms with E-state index in [1.807, 2.05) is 0 Å². The van der Waals surface area contributed by atoms with E-state index >= 15 is 0 Å². The number of aromatic hydroxyl groups is 1. The van der Waals surface area contributed by atoms with Gasteiger partial charge in [-0.25, -0.2) is 0 Å². The summed E-state index contributed by atoms with van der Waals surface area (Å²) in [6, 6.07) is 6.67. The summed E-state index contributed by atoms with van der Waals surface area (Å²) in [5.74, 6) is 3.55. The van der Waals surface area contributed by atoms with Crippen molar-refractivity contribution >= 4 is 11.8 Å². The van der Waals surface area contributed by atoms with Gasteiger partial charge in [0.1, 0.15) is 5.75 Å². The zero-order valence-electron chi connectivity index (χ0n) is 8.95. The minimum absolute atomic E-state index is 0.211. The number of rotatable bonds is 4. The number of nitrogens with zero attached hydrogens (tertiary/aromatic N) is 4. The normalized spacial score (nSPS) is 10.1. The Balaban J connectivity index is 2.19. The first-order valence-corrected chi connectivity index (χ1v) is 5.94. The molecule has 0 saturated carbocycles. The van der Waals surface area contributed by atoms with Gasteiger partial charge in [0.05, 0.1) is 5.69 Å². The number of phenols is 1. The molecule has 0 radical (unpaired) electrons. The maximum atomic E-state index is 9.21. The standard InChI is InChI=1S/C11H10N4OS/c1-2-3-8-17-11-12-13-14-15(11)9-4-6-10(16)7-5-9/h1,4-7,16H,3,8H2. The molecule has 1 N–H and O–H groups in total. The van der Waals surface area contributed by atoms with Gasteiger partial charge in [-0.15, -0.1) is 17.4 Å². The van der Waals surface area contributed by atoms with Crippen LogP contribution in [0.25, 0.3) is 5.69 Å². The molecular weight excluding hydrogens is 236 g/mol. The number of terminal acetylenes is 1. The maximum Gasteiger partial charge on any atom is 0.214 e. The van der Waals surface area contributed by atoms with Crippen molar-refractivity contribution in [3.8, 4) is 23.8 Å². The summed E-state index contributed by atoms with van der Waals surface area (Å²) in [6.07, 6.45) is 5.86. The Hall–Kier alpha value is -2.00. The molecule has 2 aromatic rings. The van der Waals surface area contributed by atoms with Gasteiger partial charge in [-0.2, -0.15) is 4.68 Å². The van der Waals surface area contributed by atoms with E-state index in [4.69, 9.17) is 6.42 Å². The first-order valence-electron chi connectivity index (χ1n) is 4.95. The zero-order chi connectivity index (χ0) is 12.1. The highest BCUT2D eigenvalue weighted by molar-refractivity contribution is 7.99. The minimum atomic E-state index is 0.211. The summed E-state index contributed by atoms with van der Waals surface area (Å²) in [6.45, 7) is 0. The lowest BCUT2D eigenvalue weighted by molar-refractivity contribution is 0.475. The smallest absolute Gasteiger partial charge is 0.214 e. The number of benzene rings is 1. The molecule has 2 rings (SSSR count). The molecule has 1 aromatic carbocycles. The van der Waals surface area contributed by atoms with Gasteiger partial charge in [-0.05, 0) is 34.7 Å². The highest BCUT2D eigenvalue weighted by atomic mass is 32.2. The summed E-state index contributed by atoms with van der Waals surface area (Å²) >= 11 is 1.50. The van der Waals surface area contributed by atoms with Gasteiger partial charge < -0.3 is 5.11 Å². The van der Waals surface area contributed by atoms with Crippen LogP contribution in [0.15, 0.2) is 29.4 Å². The van der Waals surface area contributed by atoms with Gasteiger partial charge in [0.15, 0.2) is 0 Å². The maximum absolute atomic E-state index is 9.21. The van der Waals surface area contributed by atoms with Crippen molar-refractivity contribution in [2.75, 3.05) is 5.75 Å². The predicted octanol–water partition coefficient (Wildman–Crippen LogP) is 1.48. The molecule has 5 nitrogen and oxygen atoms in total. The molecule has 0 atom stereocenters. The summed E-state index contributed by atoms with van der Waals surface area (Å²) in [5.41, 5.74) is 0.802. The lowest BCUT2D eigenvalue weighted by atomic mass is 10.3. The Morgan fingerprint density at radius 1 is 1.35 bits per heavy atom. The van der Waals surface area contributed by atoms with E-state index in [-0.39, 0.29) is 5.75 Å². The molecule has 0 unspecified atom stereocenters. The van der Waals surface area contributed by atoms with Crippen molar-refractivity contribution in [3.05, 3.63) is 24.3 Å². The van der Waals surface area contributed by atoms with Gasteiger partial charge in [-0.3, -0.25) is 0 Å². The minimum Gasteiger partial charge on any atom is -0.508 e. The predicted molar refractivity (Wildman–Crippen MR) is 65.0 cm³/mol. The molecule has 0 aliphatic rings. The fourth-order valence-electron chi connectivity index (χ4n) is 1.23. The third kappa shape index (κ3) is 2.77. The topological polar surface area (TPSA) is 63.8 Å². The van der Waals surface area contributed by atoms with Crippen LogP contribution < -0.4 is 0 Å². The molecule has 0 aliphatic carbocycles. The van der Waals surface area contributed by atoms with Gasteiger partial charge >= 0.3 is 0 Å². The number of hydrogen-bond acceptors (Lipinski definition) is 5.